The predicted molar refractivity (Wildman–Crippen MR) is 132 cm³/mol. The summed E-state index contributed by atoms with van der Waals surface area (Å²) in [6, 6.07) is 14.3. The van der Waals surface area contributed by atoms with Gasteiger partial charge < -0.3 is 19.7 Å². The fraction of sp³-hybridized carbons (Fsp3) is 0.280. The van der Waals surface area contributed by atoms with Crippen LogP contribution in [-0.2, 0) is 19.1 Å². The highest BCUT2D eigenvalue weighted by molar-refractivity contribution is 8.18. The van der Waals surface area contributed by atoms with Crippen LogP contribution in [0.2, 0.25) is 0 Å². The van der Waals surface area contributed by atoms with Crippen molar-refractivity contribution in [3.63, 3.8) is 0 Å². The Balaban J connectivity index is 1.34. The maximum absolute atomic E-state index is 12.8. The van der Waals surface area contributed by atoms with E-state index in [2.05, 4.69) is 5.32 Å². The summed E-state index contributed by atoms with van der Waals surface area (Å²) >= 11 is 0.790. The fourth-order valence-corrected chi connectivity index (χ4v) is 4.35. The molecule has 2 heterocycles. The molecule has 2 saturated heterocycles. The first-order valence-electron chi connectivity index (χ1n) is 11.1. The van der Waals surface area contributed by atoms with Crippen LogP contribution in [-0.4, -0.2) is 72.2 Å². The third-order valence-electron chi connectivity index (χ3n) is 5.39. The molecule has 4 rings (SSSR count). The second kappa shape index (κ2) is 11.2. The van der Waals surface area contributed by atoms with Crippen molar-refractivity contribution in [2.75, 3.05) is 44.8 Å². The number of amides is 4. The molecule has 9 nitrogen and oxygen atoms in total. The van der Waals surface area contributed by atoms with Crippen LogP contribution in [0.5, 0.6) is 5.75 Å². The lowest BCUT2D eigenvalue weighted by molar-refractivity contribution is -0.139. The van der Waals surface area contributed by atoms with Crippen molar-refractivity contribution in [3.8, 4) is 5.75 Å². The zero-order valence-corrected chi connectivity index (χ0v) is 20.0. The van der Waals surface area contributed by atoms with E-state index in [0.29, 0.717) is 43.3 Å². The number of imide groups is 1. The van der Waals surface area contributed by atoms with E-state index in [4.69, 9.17) is 9.47 Å². The lowest BCUT2D eigenvalue weighted by Crippen LogP contribution is -2.46. The average Bonchev–Trinajstić information content (AvgIpc) is 3.12. The van der Waals surface area contributed by atoms with Crippen LogP contribution in [0.25, 0.3) is 6.08 Å². The molecule has 1 N–H and O–H groups in total. The fourth-order valence-electron chi connectivity index (χ4n) is 3.51. The molecule has 182 valence electrons. The number of hydrogen-bond donors (Lipinski definition) is 1. The van der Waals surface area contributed by atoms with Gasteiger partial charge in [0.1, 0.15) is 12.3 Å². The molecule has 0 aromatic heterocycles. The largest absolute Gasteiger partial charge is 0.484 e. The summed E-state index contributed by atoms with van der Waals surface area (Å²) in [5, 5.41) is 2.28. The molecule has 4 amide bonds. The minimum Gasteiger partial charge on any atom is -0.484 e. The number of ether oxygens (including phenoxy) is 2. The summed E-state index contributed by atoms with van der Waals surface area (Å²) in [6.07, 6.45) is 1.57. The van der Waals surface area contributed by atoms with E-state index in [1.54, 1.807) is 35.2 Å². The van der Waals surface area contributed by atoms with Crippen molar-refractivity contribution in [2.45, 2.75) is 6.92 Å². The summed E-state index contributed by atoms with van der Waals surface area (Å²) in [6.45, 7) is 3.27. The van der Waals surface area contributed by atoms with Gasteiger partial charge in [0, 0.05) is 18.8 Å². The molecule has 2 aliphatic rings. The quantitative estimate of drug-likeness (QED) is 0.589. The number of carbonyl (C=O) groups is 4. The molecule has 0 radical (unpaired) electrons. The smallest absolute Gasteiger partial charge is 0.294 e. The number of carbonyl (C=O) groups excluding carboxylic acids is 4. The SMILES string of the molecule is Cc1ccc(NC(=O)COc2cccc(/C=C3\SC(=O)N(CC(=O)N4CCOCC4)C3=O)c2)cc1. The number of nitrogens with one attached hydrogen (secondary N) is 1. The van der Waals surface area contributed by atoms with Crippen molar-refractivity contribution in [1.29, 1.82) is 0 Å². The molecule has 2 aromatic rings. The Labute approximate surface area is 207 Å². The highest BCUT2D eigenvalue weighted by Crippen LogP contribution is 2.32. The zero-order valence-electron chi connectivity index (χ0n) is 19.2. The molecule has 0 saturated carbocycles. The van der Waals surface area contributed by atoms with Crippen LogP contribution < -0.4 is 10.1 Å². The van der Waals surface area contributed by atoms with Crippen molar-refractivity contribution in [2.24, 2.45) is 0 Å². The van der Waals surface area contributed by atoms with Crippen LogP contribution in [0.4, 0.5) is 10.5 Å². The zero-order chi connectivity index (χ0) is 24.8. The third-order valence-corrected chi connectivity index (χ3v) is 6.30. The van der Waals surface area contributed by atoms with Crippen molar-refractivity contribution in [1.82, 2.24) is 9.80 Å². The first kappa shape index (κ1) is 24.5. The van der Waals surface area contributed by atoms with E-state index in [1.165, 1.54) is 0 Å². The predicted octanol–water partition coefficient (Wildman–Crippen LogP) is 2.91. The number of aryl methyl sites for hydroxylation is 1. The molecule has 0 unspecified atom stereocenters. The second-order valence-electron chi connectivity index (χ2n) is 8.04. The Kier molecular flexibility index (Phi) is 7.84. The Morgan fingerprint density at radius 1 is 1.11 bits per heavy atom. The van der Waals surface area contributed by atoms with E-state index >= 15 is 0 Å². The maximum Gasteiger partial charge on any atom is 0.294 e. The van der Waals surface area contributed by atoms with Crippen LogP contribution in [0.1, 0.15) is 11.1 Å². The van der Waals surface area contributed by atoms with Crippen LogP contribution in [0.3, 0.4) is 0 Å². The molecule has 2 fully saturated rings. The normalized spacial score (nSPS) is 17.1. The second-order valence-corrected chi connectivity index (χ2v) is 9.03. The maximum atomic E-state index is 12.8. The first-order chi connectivity index (χ1) is 16.9. The molecular weight excluding hydrogens is 470 g/mol. The highest BCUT2D eigenvalue weighted by atomic mass is 32.2. The monoisotopic (exact) mass is 495 g/mol. The van der Waals surface area contributed by atoms with Gasteiger partial charge in [-0.25, -0.2) is 0 Å². The Morgan fingerprint density at radius 2 is 1.86 bits per heavy atom. The Hall–Kier alpha value is -3.63. The summed E-state index contributed by atoms with van der Waals surface area (Å²) in [4.78, 5) is 52.6. The number of thioether (sulfide) groups is 1. The van der Waals surface area contributed by atoms with Crippen LogP contribution in [0.15, 0.2) is 53.4 Å². The molecular formula is C25H25N3O6S. The molecule has 0 aliphatic carbocycles. The number of benzene rings is 2. The molecule has 2 aromatic carbocycles. The van der Waals surface area contributed by atoms with Crippen LogP contribution >= 0.6 is 11.8 Å². The number of rotatable bonds is 7. The lowest BCUT2D eigenvalue weighted by atomic mass is 10.2. The van der Waals surface area contributed by atoms with E-state index in [9.17, 15) is 19.2 Å². The molecule has 2 aliphatic heterocycles. The number of hydrogen-bond acceptors (Lipinski definition) is 7. The van der Waals surface area contributed by atoms with Gasteiger partial charge in [-0.3, -0.25) is 24.1 Å². The topological polar surface area (TPSA) is 105 Å². The number of morpholine rings is 1. The molecule has 0 bridgehead atoms. The number of nitrogens with zero attached hydrogens (tertiary/aromatic N) is 2. The van der Waals surface area contributed by atoms with Gasteiger partial charge >= 0.3 is 0 Å². The minimum atomic E-state index is -0.509. The summed E-state index contributed by atoms with van der Waals surface area (Å²) < 4.78 is 10.8. The van der Waals surface area contributed by atoms with E-state index in [1.807, 2.05) is 31.2 Å². The lowest BCUT2D eigenvalue weighted by Gasteiger charge is -2.28. The van der Waals surface area contributed by atoms with Gasteiger partial charge in [0.2, 0.25) is 5.91 Å². The van der Waals surface area contributed by atoms with Gasteiger partial charge in [-0.15, -0.1) is 0 Å². The van der Waals surface area contributed by atoms with Gasteiger partial charge in [0.25, 0.3) is 17.1 Å². The molecule has 35 heavy (non-hydrogen) atoms. The number of anilines is 1. The summed E-state index contributed by atoms with van der Waals surface area (Å²) in [7, 11) is 0. The van der Waals surface area contributed by atoms with Gasteiger partial charge in [-0.1, -0.05) is 29.8 Å². The van der Waals surface area contributed by atoms with Crippen molar-refractivity contribution >= 4 is 46.5 Å². The standard InChI is InChI=1S/C25H25N3O6S/c1-17-5-7-19(8-6-17)26-22(29)16-34-20-4-2-3-18(13-20)14-21-24(31)28(25(32)35-21)15-23(30)27-9-11-33-12-10-27/h2-8,13-14H,9-12,15-16H2,1H3,(H,26,29)/b21-14-. The molecule has 0 spiro atoms. The van der Waals surface area contributed by atoms with Gasteiger partial charge in [-0.05, 0) is 54.6 Å². The minimum absolute atomic E-state index is 0.183. The van der Waals surface area contributed by atoms with E-state index in [0.717, 1.165) is 22.2 Å². The Morgan fingerprint density at radius 3 is 2.60 bits per heavy atom. The van der Waals surface area contributed by atoms with E-state index < -0.39 is 11.1 Å². The van der Waals surface area contributed by atoms with Crippen LogP contribution in [0, 0.1) is 6.92 Å². The first-order valence-corrected chi connectivity index (χ1v) is 11.9. The molecule has 0 atom stereocenters. The Bertz CT molecular complexity index is 1160. The molecule has 10 heteroatoms. The summed E-state index contributed by atoms with van der Waals surface area (Å²) in [5.41, 5.74) is 2.41. The van der Waals surface area contributed by atoms with Gasteiger partial charge in [-0.2, -0.15) is 0 Å². The van der Waals surface area contributed by atoms with Crippen molar-refractivity contribution in [3.05, 3.63) is 64.6 Å². The third kappa shape index (κ3) is 6.49. The summed E-state index contributed by atoms with van der Waals surface area (Å²) in [5.74, 6) is -0.647. The van der Waals surface area contributed by atoms with Gasteiger partial charge in [0.05, 0.1) is 18.1 Å². The average molecular weight is 496 g/mol. The highest BCUT2D eigenvalue weighted by Gasteiger charge is 2.37. The van der Waals surface area contributed by atoms with Gasteiger partial charge in [0.15, 0.2) is 6.61 Å². The van der Waals surface area contributed by atoms with E-state index in [-0.39, 0.29) is 29.9 Å². The van der Waals surface area contributed by atoms with Crippen molar-refractivity contribution < 1.29 is 28.7 Å².